The Hall–Kier alpha value is 1.03. The minimum absolute atomic E-state index is 0. The Morgan fingerprint density at radius 3 is 1.86 bits per heavy atom. The largest absolute Gasteiger partial charge is 1.00 e. The molecule has 38 valence electrons. The Bertz CT molecular complexity index is 29.3. The summed E-state index contributed by atoms with van der Waals surface area (Å²) in [5.41, 5.74) is 0. The maximum atomic E-state index is 3.74. The van der Waals surface area contributed by atoms with Crippen LogP contribution in [-0.2, 0) is 0 Å². The molecule has 0 atom stereocenters. The van der Waals surface area contributed by atoms with E-state index in [2.05, 4.69) is 20.3 Å². The molecule has 0 spiro atoms. The summed E-state index contributed by atoms with van der Waals surface area (Å²) in [5, 5.41) is 0. The van der Waals surface area contributed by atoms with Crippen LogP contribution >= 0.6 is 7.92 Å². The van der Waals surface area contributed by atoms with Gasteiger partial charge in [0.25, 0.3) is 0 Å². The van der Waals surface area contributed by atoms with Crippen molar-refractivity contribution in [3.05, 3.63) is 6.92 Å². The molecule has 0 N–H and O–H groups in total. The van der Waals surface area contributed by atoms with E-state index in [9.17, 15) is 0 Å². The van der Waals surface area contributed by atoms with Crippen LogP contribution in [0, 0.1) is 6.92 Å². The molecule has 0 heterocycles. The van der Waals surface area contributed by atoms with Crippen molar-refractivity contribution < 1.29 is 18.9 Å². The average Bonchev–Trinajstić information content (AvgIpc) is 1.35. The predicted molar refractivity (Wildman–Crippen MR) is 33.6 cm³/mol. The first-order valence-electron chi connectivity index (χ1n) is 2.21. The molecule has 0 saturated carbocycles. The molecule has 7 heavy (non-hydrogen) atoms. The van der Waals surface area contributed by atoms with Crippen molar-refractivity contribution >= 4 is 7.92 Å². The van der Waals surface area contributed by atoms with Crippen LogP contribution in [0.15, 0.2) is 0 Å². The summed E-state index contributed by atoms with van der Waals surface area (Å²) in [5.74, 6) is 0. The van der Waals surface area contributed by atoms with Crippen LogP contribution in [0.3, 0.4) is 0 Å². The molecular formula is C5H12LiP. The summed E-state index contributed by atoms with van der Waals surface area (Å²) in [6.07, 6.45) is 2.44. The number of rotatable bonds is 2. The molecule has 0 nitrogen and oxygen atoms in total. The van der Waals surface area contributed by atoms with E-state index in [1.165, 1.54) is 6.16 Å². The first kappa shape index (κ1) is 10.9. The van der Waals surface area contributed by atoms with Gasteiger partial charge in [-0.1, -0.05) is 6.16 Å². The Kier molecular flexibility index (Phi) is 11.0. The van der Waals surface area contributed by atoms with Crippen LogP contribution < -0.4 is 18.9 Å². The van der Waals surface area contributed by atoms with Crippen molar-refractivity contribution in [2.45, 2.75) is 6.42 Å². The molecule has 0 bridgehead atoms. The maximum absolute atomic E-state index is 3.74. The molecule has 0 saturated heterocycles. The molecular weight excluding hydrogens is 98.0 g/mol. The van der Waals surface area contributed by atoms with Gasteiger partial charge in [-0.15, -0.1) is 7.92 Å². The van der Waals surface area contributed by atoms with Gasteiger partial charge in [-0.05, 0) is 13.3 Å². The van der Waals surface area contributed by atoms with E-state index in [0.717, 1.165) is 6.42 Å². The Morgan fingerprint density at radius 2 is 1.86 bits per heavy atom. The van der Waals surface area contributed by atoms with Gasteiger partial charge in [0.2, 0.25) is 0 Å². The molecule has 0 unspecified atom stereocenters. The van der Waals surface area contributed by atoms with Gasteiger partial charge >= 0.3 is 18.9 Å². The van der Waals surface area contributed by atoms with Crippen molar-refractivity contribution in [3.63, 3.8) is 0 Å². The number of hydrogen-bond donors (Lipinski definition) is 0. The second-order valence-corrected chi connectivity index (χ2v) is 4.26. The molecule has 0 aliphatic heterocycles. The van der Waals surface area contributed by atoms with Crippen molar-refractivity contribution in [3.8, 4) is 0 Å². The van der Waals surface area contributed by atoms with Gasteiger partial charge in [0.05, 0.1) is 0 Å². The van der Waals surface area contributed by atoms with E-state index in [-0.39, 0.29) is 18.9 Å². The average molecular weight is 110 g/mol. The SMILES string of the molecule is [CH2-]CCP(C)C.[Li+]. The zero-order valence-corrected chi connectivity index (χ0v) is 6.46. The third-order valence-electron chi connectivity index (χ3n) is 0.605. The molecule has 0 aromatic carbocycles. The minimum atomic E-state index is 0. The third-order valence-corrected chi connectivity index (χ3v) is 1.82. The molecule has 0 aliphatic rings. The van der Waals surface area contributed by atoms with E-state index in [1.54, 1.807) is 0 Å². The smallest absolute Gasteiger partial charge is 0.343 e. The summed E-state index contributed by atoms with van der Waals surface area (Å²) in [7, 11) is 0.337. The number of hydrogen-bond acceptors (Lipinski definition) is 0. The molecule has 0 aromatic heterocycles. The zero-order chi connectivity index (χ0) is 4.99. The fourth-order valence-electron chi connectivity index (χ4n) is 0.316. The fraction of sp³-hybridized carbons (Fsp3) is 0.800. The minimum Gasteiger partial charge on any atom is -0.343 e. The van der Waals surface area contributed by atoms with E-state index < -0.39 is 0 Å². The van der Waals surface area contributed by atoms with Crippen LogP contribution in [0.5, 0.6) is 0 Å². The molecule has 0 aromatic rings. The fourth-order valence-corrected chi connectivity index (χ4v) is 0.949. The topological polar surface area (TPSA) is 0 Å². The normalized spacial score (nSPS) is 8.57. The molecule has 0 amide bonds. The summed E-state index contributed by atoms with van der Waals surface area (Å²) in [6.45, 7) is 8.30. The molecule has 2 heteroatoms. The first-order chi connectivity index (χ1) is 2.77. The van der Waals surface area contributed by atoms with Crippen LogP contribution in [0.1, 0.15) is 6.42 Å². The van der Waals surface area contributed by atoms with E-state index in [0.29, 0.717) is 7.92 Å². The monoisotopic (exact) mass is 110 g/mol. The third kappa shape index (κ3) is 11.0. The van der Waals surface area contributed by atoms with Crippen LogP contribution in [-0.4, -0.2) is 19.5 Å². The van der Waals surface area contributed by atoms with Gasteiger partial charge in [0.1, 0.15) is 0 Å². The standard InChI is InChI=1S/C5H12P.Li/c1-4-5-6(2)3;/h1,4-5H2,2-3H3;/q-1;+1. The summed E-state index contributed by atoms with van der Waals surface area (Å²) in [6, 6.07) is 0. The van der Waals surface area contributed by atoms with E-state index in [1.807, 2.05) is 0 Å². The van der Waals surface area contributed by atoms with Gasteiger partial charge < -0.3 is 6.92 Å². The Balaban J connectivity index is 0. The Morgan fingerprint density at radius 1 is 1.43 bits per heavy atom. The van der Waals surface area contributed by atoms with Crippen molar-refractivity contribution in [1.29, 1.82) is 0 Å². The van der Waals surface area contributed by atoms with Crippen molar-refractivity contribution in [1.82, 2.24) is 0 Å². The van der Waals surface area contributed by atoms with Gasteiger partial charge in [-0.2, -0.15) is 6.42 Å². The molecule has 0 fully saturated rings. The molecule has 0 rings (SSSR count). The van der Waals surface area contributed by atoms with E-state index in [4.69, 9.17) is 0 Å². The summed E-state index contributed by atoms with van der Waals surface area (Å²) >= 11 is 0. The van der Waals surface area contributed by atoms with Gasteiger partial charge in [0.15, 0.2) is 0 Å². The zero-order valence-electron chi connectivity index (χ0n) is 5.57. The van der Waals surface area contributed by atoms with Gasteiger partial charge in [-0.3, -0.25) is 0 Å². The Labute approximate surface area is 60.0 Å². The van der Waals surface area contributed by atoms with Crippen molar-refractivity contribution in [2.75, 3.05) is 19.5 Å². The first-order valence-corrected chi connectivity index (χ1v) is 4.63. The van der Waals surface area contributed by atoms with Crippen LogP contribution in [0.4, 0.5) is 0 Å². The molecule has 0 aliphatic carbocycles. The quantitative estimate of drug-likeness (QED) is 0.242. The summed E-state index contributed by atoms with van der Waals surface area (Å²) in [4.78, 5) is 0. The van der Waals surface area contributed by atoms with Crippen molar-refractivity contribution in [2.24, 2.45) is 0 Å². The van der Waals surface area contributed by atoms with Gasteiger partial charge in [0, 0.05) is 0 Å². The second kappa shape index (κ2) is 7.03. The predicted octanol–water partition coefficient (Wildman–Crippen LogP) is -1.04. The second-order valence-electron chi connectivity index (χ2n) is 1.66. The summed E-state index contributed by atoms with van der Waals surface area (Å²) < 4.78 is 0. The maximum Gasteiger partial charge on any atom is 1.00 e. The van der Waals surface area contributed by atoms with E-state index >= 15 is 0 Å². The molecule has 0 radical (unpaired) electrons. The van der Waals surface area contributed by atoms with Crippen LogP contribution in [0.2, 0.25) is 0 Å². The van der Waals surface area contributed by atoms with Gasteiger partial charge in [-0.25, -0.2) is 0 Å². The van der Waals surface area contributed by atoms with Crippen LogP contribution in [0.25, 0.3) is 0 Å².